The second kappa shape index (κ2) is 9.05. The van der Waals surface area contributed by atoms with Crippen LogP contribution in [-0.2, 0) is 9.59 Å². The number of rotatable bonds is 5. The summed E-state index contributed by atoms with van der Waals surface area (Å²) in [5, 5.41) is 0.716. The average molecular weight is 383 g/mol. The molecule has 0 radical (unpaired) electrons. The van der Waals surface area contributed by atoms with E-state index >= 15 is 0 Å². The Morgan fingerprint density at radius 3 is 2.48 bits per heavy atom. The molecular formula is C17H13Cl2FN2O3. The SMILES string of the molecule is O=C(/C=C/c1ccc(F)cc1)NNC(=O)COc1ccc(Cl)cc1Cl. The number of halogens is 3. The third-order valence-electron chi connectivity index (χ3n) is 2.87. The van der Waals surface area contributed by atoms with Crippen molar-refractivity contribution in [1.29, 1.82) is 0 Å². The first kappa shape index (κ1) is 18.8. The Hall–Kier alpha value is -2.57. The Morgan fingerprint density at radius 1 is 1.08 bits per heavy atom. The monoisotopic (exact) mass is 382 g/mol. The first-order valence-electron chi connectivity index (χ1n) is 7.04. The Morgan fingerprint density at radius 2 is 1.80 bits per heavy atom. The van der Waals surface area contributed by atoms with Gasteiger partial charge in [-0.25, -0.2) is 4.39 Å². The molecule has 0 spiro atoms. The molecule has 0 saturated carbocycles. The van der Waals surface area contributed by atoms with Gasteiger partial charge in [0.1, 0.15) is 11.6 Å². The quantitative estimate of drug-likeness (QED) is 0.615. The van der Waals surface area contributed by atoms with Crippen LogP contribution in [0.4, 0.5) is 4.39 Å². The first-order valence-corrected chi connectivity index (χ1v) is 7.80. The van der Waals surface area contributed by atoms with Crippen molar-refractivity contribution < 1.29 is 18.7 Å². The summed E-state index contributed by atoms with van der Waals surface area (Å²) in [5.41, 5.74) is 5.02. The van der Waals surface area contributed by atoms with Crippen LogP contribution in [0.1, 0.15) is 5.56 Å². The normalized spacial score (nSPS) is 10.5. The maximum Gasteiger partial charge on any atom is 0.276 e. The van der Waals surface area contributed by atoms with Gasteiger partial charge in [-0.2, -0.15) is 0 Å². The highest BCUT2D eigenvalue weighted by molar-refractivity contribution is 6.35. The number of benzene rings is 2. The van der Waals surface area contributed by atoms with Crippen LogP contribution < -0.4 is 15.6 Å². The summed E-state index contributed by atoms with van der Waals surface area (Å²) in [6, 6.07) is 10.2. The van der Waals surface area contributed by atoms with Crippen molar-refractivity contribution in [2.24, 2.45) is 0 Å². The maximum atomic E-state index is 12.8. The van der Waals surface area contributed by atoms with Crippen molar-refractivity contribution in [3.8, 4) is 5.75 Å². The Bertz CT molecular complexity index is 795. The van der Waals surface area contributed by atoms with Gasteiger partial charge < -0.3 is 4.74 Å². The molecule has 0 aliphatic rings. The van der Waals surface area contributed by atoms with E-state index in [9.17, 15) is 14.0 Å². The number of hydrazine groups is 1. The van der Waals surface area contributed by atoms with Crippen LogP contribution in [0, 0.1) is 5.82 Å². The minimum absolute atomic E-state index is 0.270. The Balaban J connectivity index is 1.75. The third kappa shape index (κ3) is 6.45. The van der Waals surface area contributed by atoms with Gasteiger partial charge in [0, 0.05) is 11.1 Å². The summed E-state index contributed by atoms with van der Waals surface area (Å²) in [6.07, 6.45) is 2.68. The number of hydrogen-bond acceptors (Lipinski definition) is 3. The van der Waals surface area contributed by atoms with Crippen LogP contribution in [0.3, 0.4) is 0 Å². The summed E-state index contributed by atoms with van der Waals surface area (Å²) < 4.78 is 18.0. The predicted octanol–water partition coefficient (Wildman–Crippen LogP) is 3.37. The molecule has 0 aliphatic heterocycles. The maximum absolute atomic E-state index is 12.8. The highest BCUT2D eigenvalue weighted by Gasteiger charge is 2.07. The van der Waals surface area contributed by atoms with Crippen molar-refractivity contribution in [3.05, 3.63) is 70.0 Å². The molecule has 130 valence electrons. The smallest absolute Gasteiger partial charge is 0.276 e. The molecule has 0 unspecified atom stereocenters. The van der Waals surface area contributed by atoms with Gasteiger partial charge in [0.2, 0.25) is 0 Å². The average Bonchev–Trinajstić information content (AvgIpc) is 2.58. The number of carbonyl (C=O) groups excluding carboxylic acids is 2. The number of hydrogen-bond donors (Lipinski definition) is 2. The van der Waals surface area contributed by atoms with E-state index in [1.807, 2.05) is 0 Å². The van der Waals surface area contributed by atoms with E-state index in [1.165, 1.54) is 48.6 Å². The molecule has 0 aromatic heterocycles. The fourth-order valence-corrected chi connectivity index (χ4v) is 2.15. The zero-order valence-electron chi connectivity index (χ0n) is 12.8. The van der Waals surface area contributed by atoms with E-state index in [4.69, 9.17) is 27.9 Å². The molecule has 2 rings (SSSR count). The molecular weight excluding hydrogens is 370 g/mol. The van der Waals surface area contributed by atoms with E-state index in [-0.39, 0.29) is 17.4 Å². The molecule has 0 atom stereocenters. The molecule has 0 saturated heterocycles. The summed E-state index contributed by atoms with van der Waals surface area (Å²) in [5.74, 6) is -1.20. The lowest BCUT2D eigenvalue weighted by Crippen LogP contribution is -2.43. The molecule has 2 aromatic rings. The van der Waals surface area contributed by atoms with Gasteiger partial charge in [-0.3, -0.25) is 20.4 Å². The van der Waals surface area contributed by atoms with Crippen LogP contribution in [0.15, 0.2) is 48.5 Å². The van der Waals surface area contributed by atoms with Crippen molar-refractivity contribution in [2.45, 2.75) is 0 Å². The van der Waals surface area contributed by atoms with Crippen LogP contribution in [0.5, 0.6) is 5.75 Å². The number of nitrogens with one attached hydrogen (secondary N) is 2. The van der Waals surface area contributed by atoms with Crippen molar-refractivity contribution in [2.75, 3.05) is 6.61 Å². The number of amides is 2. The van der Waals surface area contributed by atoms with E-state index in [1.54, 1.807) is 6.07 Å². The molecule has 0 bridgehead atoms. The van der Waals surface area contributed by atoms with Crippen LogP contribution >= 0.6 is 23.2 Å². The van der Waals surface area contributed by atoms with E-state index in [0.29, 0.717) is 16.3 Å². The standard InChI is InChI=1S/C17H13Cl2FN2O3/c18-12-4-7-15(14(19)9-12)25-10-17(24)22-21-16(23)8-3-11-1-5-13(20)6-2-11/h1-9H,10H2,(H,21,23)(H,22,24)/b8-3+. The minimum Gasteiger partial charge on any atom is -0.482 e. The molecule has 0 aliphatic carbocycles. The molecule has 5 nitrogen and oxygen atoms in total. The molecule has 2 N–H and O–H groups in total. The highest BCUT2D eigenvalue weighted by Crippen LogP contribution is 2.27. The van der Waals surface area contributed by atoms with E-state index < -0.39 is 11.8 Å². The van der Waals surface area contributed by atoms with Gasteiger partial charge in [-0.05, 0) is 42.0 Å². The molecule has 2 amide bonds. The minimum atomic E-state index is -0.574. The van der Waals surface area contributed by atoms with Gasteiger partial charge in [0.25, 0.3) is 11.8 Å². The number of ether oxygens (including phenoxy) is 1. The van der Waals surface area contributed by atoms with E-state index in [0.717, 1.165) is 0 Å². The van der Waals surface area contributed by atoms with Gasteiger partial charge in [-0.1, -0.05) is 35.3 Å². The molecule has 8 heteroatoms. The third-order valence-corrected chi connectivity index (χ3v) is 3.41. The lowest BCUT2D eigenvalue weighted by molar-refractivity contribution is -0.128. The summed E-state index contributed by atoms with van der Waals surface area (Å²) in [4.78, 5) is 23.2. The van der Waals surface area contributed by atoms with Crippen LogP contribution in [0.25, 0.3) is 6.08 Å². The second-order valence-corrected chi connectivity index (χ2v) is 5.63. The lowest BCUT2D eigenvalue weighted by Gasteiger charge is -2.09. The van der Waals surface area contributed by atoms with Crippen LogP contribution in [-0.4, -0.2) is 18.4 Å². The fraction of sp³-hybridized carbons (Fsp3) is 0.0588. The van der Waals surface area contributed by atoms with Gasteiger partial charge >= 0.3 is 0 Å². The second-order valence-electron chi connectivity index (χ2n) is 4.79. The number of carbonyl (C=O) groups is 2. The summed E-state index contributed by atoms with van der Waals surface area (Å²) in [7, 11) is 0. The molecule has 0 heterocycles. The predicted molar refractivity (Wildman–Crippen MR) is 93.7 cm³/mol. The zero-order valence-corrected chi connectivity index (χ0v) is 14.3. The summed E-state index contributed by atoms with van der Waals surface area (Å²) >= 11 is 11.7. The van der Waals surface area contributed by atoms with Crippen molar-refractivity contribution in [1.82, 2.24) is 10.9 Å². The molecule has 25 heavy (non-hydrogen) atoms. The zero-order chi connectivity index (χ0) is 18.2. The highest BCUT2D eigenvalue weighted by atomic mass is 35.5. The first-order chi connectivity index (χ1) is 11.9. The Kier molecular flexibility index (Phi) is 6.80. The topological polar surface area (TPSA) is 67.4 Å². The van der Waals surface area contributed by atoms with E-state index in [2.05, 4.69) is 10.9 Å². The van der Waals surface area contributed by atoms with Gasteiger partial charge in [0.15, 0.2) is 6.61 Å². The Labute approximate surface area is 153 Å². The molecule has 2 aromatic carbocycles. The van der Waals surface area contributed by atoms with Crippen molar-refractivity contribution in [3.63, 3.8) is 0 Å². The van der Waals surface area contributed by atoms with Gasteiger partial charge in [-0.15, -0.1) is 0 Å². The van der Waals surface area contributed by atoms with Crippen LogP contribution in [0.2, 0.25) is 10.0 Å². The van der Waals surface area contributed by atoms with Crippen molar-refractivity contribution >= 4 is 41.1 Å². The fourth-order valence-electron chi connectivity index (χ4n) is 1.69. The van der Waals surface area contributed by atoms with Gasteiger partial charge in [0.05, 0.1) is 5.02 Å². The summed E-state index contributed by atoms with van der Waals surface area (Å²) in [6.45, 7) is -0.344. The largest absolute Gasteiger partial charge is 0.482 e. The lowest BCUT2D eigenvalue weighted by atomic mass is 10.2. The molecule has 0 fully saturated rings.